The van der Waals surface area contributed by atoms with Crippen LogP contribution in [0.4, 0.5) is 0 Å². The maximum atomic E-state index is 5.91. The molecule has 0 N–H and O–H groups in total. The number of aromatic nitrogens is 1. The molecule has 0 aliphatic heterocycles. The van der Waals surface area contributed by atoms with Gasteiger partial charge in [0, 0.05) is 22.3 Å². The van der Waals surface area contributed by atoms with E-state index in [9.17, 15) is 0 Å². The largest absolute Gasteiger partial charge is 0.439 e. The fourth-order valence-electron chi connectivity index (χ4n) is 1.85. The van der Waals surface area contributed by atoms with Crippen molar-refractivity contribution in [3.63, 3.8) is 0 Å². The van der Waals surface area contributed by atoms with Crippen LogP contribution < -0.4 is 4.74 Å². The topological polar surface area (TPSA) is 22.1 Å². The summed E-state index contributed by atoms with van der Waals surface area (Å²) in [5.41, 5.74) is 2.47. The molecule has 1 heterocycles. The molecule has 0 fully saturated rings. The molecular weight excluding hydrogens is 302 g/mol. The second kappa shape index (κ2) is 5.33. The highest BCUT2D eigenvalue weighted by molar-refractivity contribution is 9.10. The van der Waals surface area contributed by atoms with Gasteiger partial charge in [0.05, 0.1) is 0 Å². The van der Waals surface area contributed by atoms with E-state index in [1.165, 1.54) is 11.1 Å². The van der Waals surface area contributed by atoms with Crippen LogP contribution in [0.5, 0.6) is 11.6 Å². The van der Waals surface area contributed by atoms with Crippen LogP contribution in [0.1, 0.15) is 31.9 Å². The lowest BCUT2D eigenvalue weighted by Crippen LogP contribution is -2.13. The van der Waals surface area contributed by atoms with Crippen LogP contribution >= 0.6 is 15.9 Å². The van der Waals surface area contributed by atoms with Gasteiger partial charge in [-0.3, -0.25) is 0 Å². The Morgan fingerprint density at radius 3 is 2.42 bits per heavy atom. The molecule has 0 aliphatic rings. The third-order valence-corrected chi connectivity index (χ3v) is 3.33. The van der Waals surface area contributed by atoms with E-state index in [0.29, 0.717) is 5.88 Å². The SMILES string of the molecule is Cc1ccc(Oc2ccc(Br)cn2)c(C(C)(C)C)c1. The molecule has 1 aromatic heterocycles. The summed E-state index contributed by atoms with van der Waals surface area (Å²) in [7, 11) is 0. The summed E-state index contributed by atoms with van der Waals surface area (Å²) in [5, 5.41) is 0. The number of halogens is 1. The first-order chi connectivity index (χ1) is 8.86. The lowest BCUT2D eigenvalue weighted by Gasteiger charge is -2.23. The Labute approximate surface area is 123 Å². The van der Waals surface area contributed by atoms with E-state index in [2.05, 4.69) is 60.7 Å². The smallest absolute Gasteiger partial charge is 0.219 e. The molecule has 0 unspecified atom stereocenters. The quantitative estimate of drug-likeness (QED) is 0.754. The number of hydrogen-bond donors (Lipinski definition) is 0. The molecular formula is C16H18BrNO. The van der Waals surface area contributed by atoms with Gasteiger partial charge in [0.15, 0.2) is 0 Å². The van der Waals surface area contributed by atoms with E-state index in [-0.39, 0.29) is 5.41 Å². The Kier molecular flexibility index (Phi) is 3.95. The van der Waals surface area contributed by atoms with E-state index in [1.54, 1.807) is 6.20 Å². The van der Waals surface area contributed by atoms with Crippen molar-refractivity contribution in [3.8, 4) is 11.6 Å². The minimum Gasteiger partial charge on any atom is -0.439 e. The average molecular weight is 320 g/mol. The van der Waals surface area contributed by atoms with Crippen LogP contribution in [0.15, 0.2) is 41.0 Å². The lowest BCUT2D eigenvalue weighted by atomic mass is 9.85. The van der Waals surface area contributed by atoms with Crippen LogP contribution in [0.25, 0.3) is 0 Å². The molecule has 100 valence electrons. The zero-order valence-electron chi connectivity index (χ0n) is 11.7. The van der Waals surface area contributed by atoms with E-state index in [0.717, 1.165) is 10.2 Å². The first-order valence-electron chi connectivity index (χ1n) is 6.27. The number of pyridine rings is 1. The normalized spacial score (nSPS) is 11.4. The fourth-order valence-corrected chi connectivity index (χ4v) is 2.09. The number of aryl methyl sites for hydroxylation is 1. The van der Waals surface area contributed by atoms with Crippen molar-refractivity contribution < 1.29 is 4.74 Å². The van der Waals surface area contributed by atoms with Gasteiger partial charge in [-0.1, -0.05) is 38.5 Å². The molecule has 0 amide bonds. The Hall–Kier alpha value is -1.35. The molecule has 2 aromatic rings. The second-order valence-corrected chi connectivity index (χ2v) is 6.58. The number of nitrogens with zero attached hydrogens (tertiary/aromatic N) is 1. The monoisotopic (exact) mass is 319 g/mol. The summed E-state index contributed by atoms with van der Waals surface area (Å²) in [5.74, 6) is 1.48. The minimum absolute atomic E-state index is 0.0384. The molecule has 3 heteroatoms. The summed E-state index contributed by atoms with van der Waals surface area (Å²) < 4.78 is 6.86. The van der Waals surface area contributed by atoms with Gasteiger partial charge in [-0.2, -0.15) is 0 Å². The van der Waals surface area contributed by atoms with Gasteiger partial charge in [-0.25, -0.2) is 4.98 Å². The zero-order valence-corrected chi connectivity index (χ0v) is 13.3. The molecule has 0 radical (unpaired) electrons. The minimum atomic E-state index is 0.0384. The summed E-state index contributed by atoms with van der Waals surface area (Å²) in [6.45, 7) is 8.65. The van der Waals surface area contributed by atoms with Crippen molar-refractivity contribution in [2.45, 2.75) is 33.1 Å². The molecule has 1 aromatic carbocycles. The Morgan fingerprint density at radius 1 is 1.11 bits per heavy atom. The molecule has 19 heavy (non-hydrogen) atoms. The highest BCUT2D eigenvalue weighted by atomic mass is 79.9. The maximum absolute atomic E-state index is 5.91. The molecule has 0 aliphatic carbocycles. The van der Waals surface area contributed by atoms with Crippen LogP contribution in [0.3, 0.4) is 0 Å². The number of hydrogen-bond acceptors (Lipinski definition) is 2. The Balaban J connectivity index is 2.37. The molecule has 0 bridgehead atoms. The Bertz CT molecular complexity index is 570. The van der Waals surface area contributed by atoms with E-state index < -0.39 is 0 Å². The van der Waals surface area contributed by atoms with Crippen molar-refractivity contribution in [3.05, 3.63) is 52.1 Å². The third-order valence-electron chi connectivity index (χ3n) is 2.86. The highest BCUT2D eigenvalue weighted by Gasteiger charge is 2.19. The number of ether oxygens (including phenoxy) is 1. The zero-order chi connectivity index (χ0) is 14.0. The van der Waals surface area contributed by atoms with Crippen LogP contribution in [0, 0.1) is 6.92 Å². The maximum Gasteiger partial charge on any atom is 0.219 e. The Morgan fingerprint density at radius 2 is 1.84 bits per heavy atom. The second-order valence-electron chi connectivity index (χ2n) is 5.67. The van der Waals surface area contributed by atoms with Gasteiger partial charge >= 0.3 is 0 Å². The van der Waals surface area contributed by atoms with Gasteiger partial charge in [0.1, 0.15) is 5.75 Å². The van der Waals surface area contributed by atoms with Crippen molar-refractivity contribution in [1.82, 2.24) is 4.98 Å². The van der Waals surface area contributed by atoms with Gasteiger partial charge in [0.25, 0.3) is 0 Å². The van der Waals surface area contributed by atoms with Crippen LogP contribution in [-0.2, 0) is 5.41 Å². The fraction of sp³-hybridized carbons (Fsp3) is 0.312. The van der Waals surface area contributed by atoms with Crippen molar-refractivity contribution in [2.24, 2.45) is 0 Å². The van der Waals surface area contributed by atoms with Crippen LogP contribution in [0.2, 0.25) is 0 Å². The molecule has 2 rings (SSSR count). The third kappa shape index (κ3) is 3.57. The molecule has 0 saturated carbocycles. The molecule has 0 saturated heterocycles. The highest BCUT2D eigenvalue weighted by Crippen LogP contribution is 2.34. The van der Waals surface area contributed by atoms with E-state index in [1.807, 2.05) is 18.2 Å². The molecule has 2 nitrogen and oxygen atoms in total. The summed E-state index contributed by atoms with van der Waals surface area (Å²) in [4.78, 5) is 4.25. The average Bonchev–Trinajstić information content (AvgIpc) is 2.33. The van der Waals surface area contributed by atoms with E-state index >= 15 is 0 Å². The predicted octanol–water partition coefficient (Wildman–Crippen LogP) is 5.24. The summed E-state index contributed by atoms with van der Waals surface area (Å²) in [6.07, 6.45) is 1.74. The number of benzene rings is 1. The summed E-state index contributed by atoms with van der Waals surface area (Å²) >= 11 is 3.37. The standard InChI is InChI=1S/C16H18BrNO/c1-11-5-7-14(13(9-11)16(2,3)4)19-15-8-6-12(17)10-18-15/h5-10H,1-4H3. The molecule has 0 atom stereocenters. The van der Waals surface area contributed by atoms with Gasteiger partial charge in [-0.05, 0) is 40.4 Å². The van der Waals surface area contributed by atoms with Crippen molar-refractivity contribution in [2.75, 3.05) is 0 Å². The number of rotatable bonds is 2. The molecule has 0 spiro atoms. The van der Waals surface area contributed by atoms with Gasteiger partial charge < -0.3 is 4.74 Å². The first kappa shape index (κ1) is 14.1. The van der Waals surface area contributed by atoms with Crippen molar-refractivity contribution >= 4 is 15.9 Å². The van der Waals surface area contributed by atoms with Crippen molar-refractivity contribution in [1.29, 1.82) is 0 Å². The van der Waals surface area contributed by atoms with Gasteiger partial charge in [0.2, 0.25) is 5.88 Å². The predicted molar refractivity (Wildman–Crippen MR) is 81.9 cm³/mol. The summed E-state index contributed by atoms with van der Waals surface area (Å²) in [6, 6.07) is 10.0. The first-order valence-corrected chi connectivity index (χ1v) is 7.06. The van der Waals surface area contributed by atoms with Crippen LogP contribution in [-0.4, -0.2) is 4.98 Å². The van der Waals surface area contributed by atoms with E-state index in [4.69, 9.17) is 4.74 Å². The van der Waals surface area contributed by atoms with Gasteiger partial charge in [-0.15, -0.1) is 0 Å². The lowest BCUT2D eigenvalue weighted by molar-refractivity contribution is 0.439.